The Balaban J connectivity index is 1.83. The van der Waals surface area contributed by atoms with E-state index in [-0.39, 0.29) is 5.92 Å². The van der Waals surface area contributed by atoms with Crippen LogP contribution in [0.3, 0.4) is 0 Å². The molecule has 0 aliphatic carbocycles. The molecule has 25 heavy (non-hydrogen) atoms. The van der Waals surface area contributed by atoms with Crippen LogP contribution in [-0.2, 0) is 19.3 Å². The minimum absolute atomic E-state index is 0.0145. The molecule has 0 unspecified atom stereocenters. The van der Waals surface area contributed by atoms with Gasteiger partial charge in [-0.3, -0.25) is 15.0 Å². The van der Waals surface area contributed by atoms with Gasteiger partial charge in [-0.25, -0.2) is 0 Å². The summed E-state index contributed by atoms with van der Waals surface area (Å²) >= 11 is 0. The van der Waals surface area contributed by atoms with Crippen molar-refractivity contribution < 1.29 is 0 Å². The number of hydrogen-bond acceptors (Lipinski definition) is 5. The average molecular weight is 333 g/mol. The van der Waals surface area contributed by atoms with Crippen LogP contribution in [0, 0.1) is 5.92 Å². The van der Waals surface area contributed by atoms with E-state index in [1.165, 1.54) is 0 Å². The quantitative estimate of drug-likeness (QED) is 0.646. The third kappa shape index (κ3) is 4.92. The monoisotopic (exact) mass is 333 g/mol. The summed E-state index contributed by atoms with van der Waals surface area (Å²) in [4.78, 5) is 13.2. The number of hydrogen-bond donors (Lipinski definition) is 2. The van der Waals surface area contributed by atoms with E-state index in [0.717, 1.165) is 17.1 Å². The summed E-state index contributed by atoms with van der Waals surface area (Å²) in [6, 6.07) is 17.6. The highest BCUT2D eigenvalue weighted by molar-refractivity contribution is 5.14. The summed E-state index contributed by atoms with van der Waals surface area (Å²) in [5.41, 5.74) is 15.1. The minimum atomic E-state index is -0.913. The summed E-state index contributed by atoms with van der Waals surface area (Å²) < 4.78 is 0. The zero-order chi connectivity index (χ0) is 17.5. The maximum Gasteiger partial charge on any atom is 0.0729 e. The van der Waals surface area contributed by atoms with Crippen molar-refractivity contribution in [1.29, 1.82) is 0 Å². The van der Waals surface area contributed by atoms with E-state index < -0.39 is 5.66 Å². The highest BCUT2D eigenvalue weighted by Crippen LogP contribution is 2.22. The second kappa shape index (κ2) is 7.96. The largest absolute Gasteiger partial charge is 0.313 e. The van der Waals surface area contributed by atoms with Crippen LogP contribution in [-0.4, -0.2) is 20.6 Å². The van der Waals surface area contributed by atoms with Gasteiger partial charge in [0.25, 0.3) is 0 Å². The molecule has 0 bridgehead atoms. The average Bonchev–Trinajstić information content (AvgIpc) is 2.63. The molecule has 0 radical (unpaired) electrons. The predicted molar refractivity (Wildman–Crippen MR) is 98.4 cm³/mol. The fourth-order valence-corrected chi connectivity index (χ4v) is 2.96. The molecule has 3 heterocycles. The number of nitrogens with zero attached hydrogens (tertiary/aromatic N) is 3. The van der Waals surface area contributed by atoms with Gasteiger partial charge in [0, 0.05) is 48.0 Å². The normalized spacial score (nSPS) is 11.6. The first kappa shape index (κ1) is 17.2. The Morgan fingerprint density at radius 3 is 1.52 bits per heavy atom. The van der Waals surface area contributed by atoms with Gasteiger partial charge >= 0.3 is 0 Å². The fraction of sp³-hybridized carbons (Fsp3) is 0.250. The summed E-state index contributed by atoms with van der Waals surface area (Å²) in [7, 11) is 0. The summed E-state index contributed by atoms with van der Waals surface area (Å²) in [5.74, 6) is -0.0145. The third-order valence-corrected chi connectivity index (χ3v) is 4.34. The molecule has 3 aromatic rings. The van der Waals surface area contributed by atoms with Gasteiger partial charge in [-0.05, 0) is 49.2 Å². The number of rotatable bonds is 7. The molecular weight excluding hydrogens is 310 g/mol. The van der Waals surface area contributed by atoms with Crippen molar-refractivity contribution in [3.8, 4) is 0 Å². The molecule has 0 saturated heterocycles. The van der Waals surface area contributed by atoms with Gasteiger partial charge in [0.15, 0.2) is 0 Å². The van der Waals surface area contributed by atoms with Crippen molar-refractivity contribution in [2.75, 3.05) is 0 Å². The standard InChI is InChI=1S/C20H23N5/c21-20(22,15-19-9-3-6-12-25-19)16(13-17-7-1-4-10-23-17)14-18-8-2-5-11-24-18/h1-12,16H,13-15,21-22H2. The first-order valence-corrected chi connectivity index (χ1v) is 8.41. The zero-order valence-corrected chi connectivity index (χ0v) is 14.1. The molecule has 0 amide bonds. The van der Waals surface area contributed by atoms with E-state index in [9.17, 15) is 0 Å². The highest BCUT2D eigenvalue weighted by Gasteiger charge is 2.32. The predicted octanol–water partition coefficient (Wildman–Crippen LogP) is 2.13. The van der Waals surface area contributed by atoms with Gasteiger partial charge in [0.2, 0.25) is 0 Å². The second-order valence-corrected chi connectivity index (χ2v) is 6.36. The Morgan fingerprint density at radius 1 is 0.680 bits per heavy atom. The fourth-order valence-electron chi connectivity index (χ4n) is 2.96. The summed E-state index contributed by atoms with van der Waals surface area (Å²) in [6.07, 6.45) is 7.23. The van der Waals surface area contributed by atoms with Gasteiger partial charge in [0.05, 0.1) is 5.66 Å². The Kier molecular flexibility index (Phi) is 5.48. The molecule has 0 atom stereocenters. The van der Waals surface area contributed by atoms with Crippen LogP contribution < -0.4 is 11.5 Å². The van der Waals surface area contributed by atoms with E-state index >= 15 is 0 Å². The van der Waals surface area contributed by atoms with Crippen LogP contribution in [0.1, 0.15) is 17.1 Å². The summed E-state index contributed by atoms with van der Waals surface area (Å²) in [6.45, 7) is 0. The highest BCUT2D eigenvalue weighted by atomic mass is 15.0. The van der Waals surface area contributed by atoms with E-state index in [4.69, 9.17) is 11.5 Å². The Bertz CT molecular complexity index is 718. The molecule has 0 spiro atoms. The van der Waals surface area contributed by atoms with Crippen molar-refractivity contribution in [3.05, 3.63) is 90.3 Å². The van der Waals surface area contributed by atoms with Gasteiger partial charge < -0.3 is 11.5 Å². The molecule has 0 aliphatic rings. The van der Waals surface area contributed by atoms with Crippen molar-refractivity contribution in [1.82, 2.24) is 15.0 Å². The van der Waals surface area contributed by atoms with E-state index in [0.29, 0.717) is 19.3 Å². The molecule has 0 saturated carbocycles. The van der Waals surface area contributed by atoms with Gasteiger partial charge in [-0.2, -0.15) is 0 Å². The lowest BCUT2D eigenvalue weighted by Gasteiger charge is -2.34. The van der Waals surface area contributed by atoms with E-state index in [2.05, 4.69) is 15.0 Å². The molecule has 0 aliphatic heterocycles. The molecule has 3 aromatic heterocycles. The van der Waals surface area contributed by atoms with Crippen LogP contribution in [0.2, 0.25) is 0 Å². The van der Waals surface area contributed by atoms with E-state index in [1.54, 1.807) is 18.6 Å². The lowest BCUT2D eigenvalue weighted by molar-refractivity contribution is 0.265. The van der Waals surface area contributed by atoms with Crippen LogP contribution in [0.15, 0.2) is 73.2 Å². The molecular formula is C20H23N5. The topological polar surface area (TPSA) is 90.7 Å². The number of nitrogens with two attached hydrogens (primary N) is 2. The van der Waals surface area contributed by atoms with Crippen LogP contribution in [0.5, 0.6) is 0 Å². The molecule has 0 aromatic carbocycles. The second-order valence-electron chi connectivity index (χ2n) is 6.36. The van der Waals surface area contributed by atoms with Crippen molar-refractivity contribution in [2.45, 2.75) is 24.9 Å². The summed E-state index contributed by atoms with van der Waals surface area (Å²) in [5, 5.41) is 0. The third-order valence-electron chi connectivity index (χ3n) is 4.34. The maximum atomic E-state index is 6.57. The first-order chi connectivity index (χ1) is 12.1. The van der Waals surface area contributed by atoms with Gasteiger partial charge in [0.1, 0.15) is 0 Å². The smallest absolute Gasteiger partial charge is 0.0729 e. The number of aromatic nitrogens is 3. The minimum Gasteiger partial charge on any atom is -0.313 e. The van der Waals surface area contributed by atoms with E-state index in [1.807, 2.05) is 54.6 Å². The Hall–Kier alpha value is -2.63. The maximum absolute atomic E-state index is 6.57. The Morgan fingerprint density at radius 2 is 1.12 bits per heavy atom. The Labute approximate surface area is 148 Å². The molecule has 128 valence electrons. The lowest BCUT2D eigenvalue weighted by atomic mass is 9.82. The van der Waals surface area contributed by atoms with Crippen molar-refractivity contribution in [2.24, 2.45) is 17.4 Å². The zero-order valence-electron chi connectivity index (χ0n) is 14.1. The number of pyridine rings is 3. The van der Waals surface area contributed by atoms with Crippen molar-refractivity contribution in [3.63, 3.8) is 0 Å². The van der Waals surface area contributed by atoms with Crippen molar-refractivity contribution >= 4 is 0 Å². The molecule has 5 nitrogen and oxygen atoms in total. The van der Waals surface area contributed by atoms with Crippen LogP contribution >= 0.6 is 0 Å². The molecule has 3 rings (SSSR count). The van der Waals surface area contributed by atoms with Crippen LogP contribution in [0.25, 0.3) is 0 Å². The van der Waals surface area contributed by atoms with Gasteiger partial charge in [-0.1, -0.05) is 18.2 Å². The molecule has 4 N–H and O–H groups in total. The first-order valence-electron chi connectivity index (χ1n) is 8.41. The van der Waals surface area contributed by atoms with Crippen LogP contribution in [0.4, 0.5) is 0 Å². The molecule has 5 heteroatoms. The SMILES string of the molecule is NC(N)(Cc1ccccn1)C(Cc1ccccn1)Cc1ccccn1. The van der Waals surface area contributed by atoms with Gasteiger partial charge in [-0.15, -0.1) is 0 Å². The lowest BCUT2D eigenvalue weighted by Crippen LogP contribution is -2.58. The molecule has 0 fully saturated rings.